The number of benzene rings is 2. The summed E-state index contributed by atoms with van der Waals surface area (Å²) >= 11 is 0. The van der Waals surface area contributed by atoms with E-state index in [1.165, 1.54) is 6.42 Å². The van der Waals surface area contributed by atoms with Crippen LogP contribution in [0.5, 0.6) is 0 Å². The number of hydrogen-bond acceptors (Lipinski definition) is 3. The minimum absolute atomic E-state index is 0.0426. The maximum Gasteiger partial charge on any atom is 0.255 e. The molecule has 1 aliphatic carbocycles. The molecule has 0 spiro atoms. The fraction of sp³-hybridized carbons (Fsp3) is 0.320. The summed E-state index contributed by atoms with van der Waals surface area (Å²) in [5.41, 5.74) is 3.86. The van der Waals surface area contributed by atoms with Crippen molar-refractivity contribution in [2.75, 3.05) is 6.54 Å². The number of aryl methyl sites for hydroxylation is 1. The van der Waals surface area contributed by atoms with Crippen molar-refractivity contribution in [3.63, 3.8) is 0 Å². The monoisotopic (exact) mass is 416 g/mol. The molecule has 3 aromatic rings. The number of amides is 2. The third-order valence-corrected chi connectivity index (χ3v) is 5.65. The zero-order valence-corrected chi connectivity index (χ0v) is 17.8. The van der Waals surface area contributed by atoms with E-state index in [1.54, 1.807) is 10.9 Å². The van der Waals surface area contributed by atoms with E-state index >= 15 is 0 Å². The highest BCUT2D eigenvalue weighted by atomic mass is 16.2. The van der Waals surface area contributed by atoms with Gasteiger partial charge in [0.2, 0.25) is 5.91 Å². The molecular formula is C25H28N4O2. The van der Waals surface area contributed by atoms with Gasteiger partial charge in [0.25, 0.3) is 5.91 Å². The average molecular weight is 417 g/mol. The van der Waals surface area contributed by atoms with Crippen LogP contribution in [0.3, 0.4) is 0 Å². The summed E-state index contributed by atoms with van der Waals surface area (Å²) < 4.78 is 1.70. The Balaban J connectivity index is 1.53. The van der Waals surface area contributed by atoms with Gasteiger partial charge in [-0.15, -0.1) is 0 Å². The highest BCUT2D eigenvalue weighted by molar-refractivity contribution is 6.01. The molecule has 0 bridgehead atoms. The van der Waals surface area contributed by atoms with Crippen LogP contribution in [0.15, 0.2) is 60.8 Å². The van der Waals surface area contributed by atoms with Crippen molar-refractivity contribution < 1.29 is 9.59 Å². The Morgan fingerprint density at radius 1 is 1.03 bits per heavy atom. The molecule has 4 rings (SSSR count). The van der Waals surface area contributed by atoms with Gasteiger partial charge in [-0.3, -0.25) is 9.59 Å². The molecule has 2 amide bonds. The molecule has 160 valence electrons. The van der Waals surface area contributed by atoms with Crippen LogP contribution in [-0.4, -0.2) is 34.2 Å². The first-order chi connectivity index (χ1) is 15.1. The molecule has 1 fully saturated rings. The molecule has 1 aromatic heterocycles. The van der Waals surface area contributed by atoms with Gasteiger partial charge in [-0.05, 0) is 38.0 Å². The maximum absolute atomic E-state index is 13.0. The quantitative estimate of drug-likeness (QED) is 0.637. The van der Waals surface area contributed by atoms with E-state index in [0.29, 0.717) is 11.3 Å². The van der Waals surface area contributed by atoms with Crippen LogP contribution in [0.4, 0.5) is 0 Å². The highest BCUT2D eigenvalue weighted by Crippen LogP contribution is 2.24. The molecule has 2 aromatic carbocycles. The van der Waals surface area contributed by atoms with Crippen LogP contribution in [0.25, 0.3) is 16.9 Å². The summed E-state index contributed by atoms with van der Waals surface area (Å²) in [4.78, 5) is 25.3. The number of aromatic nitrogens is 2. The predicted molar refractivity (Wildman–Crippen MR) is 121 cm³/mol. The zero-order valence-electron chi connectivity index (χ0n) is 17.8. The van der Waals surface area contributed by atoms with Gasteiger partial charge in [-0.1, -0.05) is 61.2 Å². The largest absolute Gasteiger partial charge is 0.352 e. The Morgan fingerprint density at radius 3 is 2.55 bits per heavy atom. The van der Waals surface area contributed by atoms with E-state index < -0.39 is 0 Å². The van der Waals surface area contributed by atoms with Crippen LogP contribution < -0.4 is 10.6 Å². The molecule has 6 heteroatoms. The molecule has 0 aliphatic heterocycles. The van der Waals surface area contributed by atoms with Crippen LogP contribution >= 0.6 is 0 Å². The third-order valence-electron chi connectivity index (χ3n) is 5.65. The van der Waals surface area contributed by atoms with Crippen molar-refractivity contribution in [1.29, 1.82) is 0 Å². The summed E-state index contributed by atoms with van der Waals surface area (Å²) in [5.74, 6) is -0.453. The lowest BCUT2D eigenvalue weighted by Crippen LogP contribution is -2.42. The van der Waals surface area contributed by atoms with Crippen LogP contribution in [-0.2, 0) is 4.79 Å². The van der Waals surface area contributed by atoms with E-state index in [9.17, 15) is 9.59 Å². The van der Waals surface area contributed by atoms with E-state index in [0.717, 1.165) is 42.5 Å². The summed E-state index contributed by atoms with van der Waals surface area (Å²) in [6.45, 7) is 1.96. The van der Waals surface area contributed by atoms with Crippen molar-refractivity contribution in [2.24, 2.45) is 0 Å². The average Bonchev–Trinajstić information content (AvgIpc) is 3.24. The number of carbonyl (C=O) groups excluding carboxylic acids is 2. The van der Waals surface area contributed by atoms with E-state index in [4.69, 9.17) is 0 Å². The van der Waals surface area contributed by atoms with Gasteiger partial charge in [0.15, 0.2) is 0 Å². The Kier molecular flexibility index (Phi) is 6.46. The Morgan fingerprint density at radius 2 is 1.81 bits per heavy atom. The second-order valence-corrected chi connectivity index (χ2v) is 8.13. The summed E-state index contributed by atoms with van der Waals surface area (Å²) in [7, 11) is 0. The minimum atomic E-state index is -0.308. The third kappa shape index (κ3) is 5.20. The Bertz CT molecular complexity index is 1050. The number of nitrogens with zero attached hydrogens (tertiary/aromatic N) is 2. The maximum atomic E-state index is 13.0. The fourth-order valence-electron chi connectivity index (χ4n) is 4.04. The van der Waals surface area contributed by atoms with E-state index in [1.807, 2.05) is 61.5 Å². The molecule has 0 unspecified atom stereocenters. The lowest BCUT2D eigenvalue weighted by molar-refractivity contribution is -0.121. The first-order valence-electron chi connectivity index (χ1n) is 10.9. The van der Waals surface area contributed by atoms with Crippen LogP contribution in [0.1, 0.15) is 48.0 Å². The first-order valence-corrected chi connectivity index (χ1v) is 10.9. The zero-order chi connectivity index (χ0) is 21.6. The Labute approximate surface area is 182 Å². The van der Waals surface area contributed by atoms with Gasteiger partial charge >= 0.3 is 0 Å². The SMILES string of the molecule is Cc1cccc(-c2nn(-c3ccccc3)cc2C(=O)NCC(=O)NC2CCCCC2)c1. The molecule has 0 atom stereocenters. The molecule has 1 heterocycles. The van der Waals surface area contributed by atoms with Crippen molar-refractivity contribution >= 4 is 11.8 Å². The van der Waals surface area contributed by atoms with Crippen LogP contribution in [0.2, 0.25) is 0 Å². The lowest BCUT2D eigenvalue weighted by Gasteiger charge is -2.22. The molecule has 31 heavy (non-hydrogen) atoms. The highest BCUT2D eigenvalue weighted by Gasteiger charge is 2.20. The number of nitrogens with one attached hydrogen (secondary N) is 2. The van der Waals surface area contributed by atoms with Gasteiger partial charge in [-0.2, -0.15) is 5.10 Å². The number of rotatable bonds is 6. The molecule has 1 aliphatic rings. The van der Waals surface area contributed by atoms with Crippen LogP contribution in [0, 0.1) is 6.92 Å². The second-order valence-electron chi connectivity index (χ2n) is 8.13. The van der Waals surface area contributed by atoms with Gasteiger partial charge in [0.05, 0.1) is 17.8 Å². The number of hydrogen-bond donors (Lipinski definition) is 2. The summed E-state index contributed by atoms with van der Waals surface area (Å²) in [5, 5.41) is 10.5. The molecular weight excluding hydrogens is 388 g/mol. The number of carbonyl (C=O) groups is 2. The van der Waals surface area contributed by atoms with Gasteiger partial charge in [-0.25, -0.2) is 4.68 Å². The van der Waals surface area contributed by atoms with Gasteiger partial charge in [0.1, 0.15) is 5.69 Å². The van der Waals surface area contributed by atoms with Crippen molar-refractivity contribution in [1.82, 2.24) is 20.4 Å². The number of para-hydroxylation sites is 1. The molecule has 1 saturated carbocycles. The van der Waals surface area contributed by atoms with Crippen molar-refractivity contribution in [3.8, 4) is 16.9 Å². The van der Waals surface area contributed by atoms with Crippen molar-refractivity contribution in [3.05, 3.63) is 71.9 Å². The van der Waals surface area contributed by atoms with E-state index in [2.05, 4.69) is 15.7 Å². The van der Waals surface area contributed by atoms with Gasteiger partial charge < -0.3 is 10.6 Å². The smallest absolute Gasteiger partial charge is 0.255 e. The van der Waals surface area contributed by atoms with Gasteiger partial charge in [0, 0.05) is 17.8 Å². The molecule has 2 N–H and O–H groups in total. The second kappa shape index (κ2) is 9.60. The topological polar surface area (TPSA) is 76.0 Å². The first kappa shape index (κ1) is 20.8. The predicted octanol–water partition coefficient (Wildman–Crippen LogP) is 4.03. The summed E-state index contributed by atoms with van der Waals surface area (Å²) in [6, 6.07) is 17.8. The van der Waals surface area contributed by atoms with E-state index in [-0.39, 0.29) is 24.4 Å². The Hall–Kier alpha value is -3.41. The molecule has 0 radical (unpaired) electrons. The van der Waals surface area contributed by atoms with Crippen molar-refractivity contribution in [2.45, 2.75) is 45.1 Å². The normalized spacial score (nSPS) is 14.2. The standard InChI is InChI=1S/C25H28N4O2/c1-18-9-8-10-19(15-18)24-22(17-29(28-24)21-13-6-3-7-14-21)25(31)26-16-23(30)27-20-11-4-2-5-12-20/h3,6-10,13-15,17,20H,2,4-5,11-12,16H2,1H3,(H,26,31)(H,27,30). The summed E-state index contributed by atoms with van der Waals surface area (Å²) in [6.07, 6.45) is 7.28. The minimum Gasteiger partial charge on any atom is -0.352 e. The molecule has 6 nitrogen and oxygen atoms in total. The fourth-order valence-corrected chi connectivity index (χ4v) is 4.04. The molecule has 0 saturated heterocycles. The lowest BCUT2D eigenvalue weighted by atomic mass is 9.95.